The van der Waals surface area contributed by atoms with Crippen molar-refractivity contribution in [2.45, 2.75) is 37.8 Å². The van der Waals surface area contributed by atoms with Gasteiger partial charge in [0.1, 0.15) is 11.5 Å². The fraction of sp³-hybridized carbons (Fsp3) is 0.296. The summed E-state index contributed by atoms with van der Waals surface area (Å²) in [6, 6.07) is 19.8. The zero-order chi connectivity index (χ0) is 24.4. The number of nitrogens with zero attached hydrogens (tertiary/aromatic N) is 4. The lowest BCUT2D eigenvalue weighted by molar-refractivity contribution is 0.106. The fourth-order valence-corrected chi connectivity index (χ4v) is 4.94. The maximum atomic E-state index is 13.3. The molecule has 1 fully saturated rings. The lowest BCUT2D eigenvalue weighted by atomic mass is 9.94. The molecule has 1 saturated carbocycles. The van der Waals surface area contributed by atoms with E-state index in [0.717, 1.165) is 35.3 Å². The van der Waals surface area contributed by atoms with Crippen molar-refractivity contribution in [3.05, 3.63) is 84.2 Å². The van der Waals surface area contributed by atoms with Crippen LogP contribution < -0.4 is 10.6 Å². The monoisotopic (exact) mass is 470 g/mol. The quantitative estimate of drug-likeness (QED) is 0.429. The Kier molecular flexibility index (Phi) is 6.37. The van der Waals surface area contributed by atoms with Gasteiger partial charge in [-0.25, -0.2) is 9.48 Å². The Balaban J connectivity index is 1.43. The second-order valence-electron chi connectivity index (χ2n) is 9.02. The van der Waals surface area contributed by atoms with Crippen LogP contribution in [0.15, 0.2) is 73.1 Å². The Morgan fingerprint density at radius 3 is 2.43 bits per heavy atom. The van der Waals surface area contributed by atoms with Gasteiger partial charge in [-0.05, 0) is 37.5 Å². The molecule has 2 aromatic carbocycles. The Hall–Kier alpha value is -3.91. The molecular formula is C27H30N6O2. The molecule has 4 aromatic rings. The molecule has 0 unspecified atom stereocenters. The van der Waals surface area contributed by atoms with E-state index in [1.54, 1.807) is 22.7 Å². The van der Waals surface area contributed by atoms with Crippen LogP contribution in [0.25, 0.3) is 16.9 Å². The summed E-state index contributed by atoms with van der Waals surface area (Å²) in [7, 11) is 3.61. The van der Waals surface area contributed by atoms with Gasteiger partial charge in [0.15, 0.2) is 0 Å². The van der Waals surface area contributed by atoms with Crippen molar-refractivity contribution in [1.29, 1.82) is 0 Å². The van der Waals surface area contributed by atoms with Crippen LogP contribution in [0.2, 0.25) is 0 Å². The van der Waals surface area contributed by atoms with Crippen LogP contribution in [0.5, 0.6) is 0 Å². The third kappa shape index (κ3) is 4.70. The summed E-state index contributed by atoms with van der Waals surface area (Å²) < 4.78 is 9.17. The molecule has 5 rings (SSSR count). The molecule has 1 aliphatic rings. The number of ether oxygens (including phenoxy) is 1. The molecule has 8 nitrogen and oxygen atoms in total. The van der Waals surface area contributed by atoms with E-state index >= 15 is 0 Å². The second-order valence-corrected chi connectivity index (χ2v) is 9.02. The number of aryl methyl sites for hydroxylation is 1. The van der Waals surface area contributed by atoms with E-state index in [0.29, 0.717) is 5.82 Å². The van der Waals surface area contributed by atoms with Gasteiger partial charge in [-0.2, -0.15) is 10.2 Å². The van der Waals surface area contributed by atoms with Gasteiger partial charge < -0.3 is 10.1 Å². The van der Waals surface area contributed by atoms with Gasteiger partial charge >= 0.3 is 6.03 Å². The van der Waals surface area contributed by atoms with Crippen LogP contribution in [-0.4, -0.2) is 44.8 Å². The maximum Gasteiger partial charge on any atom is 0.320 e. The summed E-state index contributed by atoms with van der Waals surface area (Å²) in [5.74, 6) is 0.822. The second kappa shape index (κ2) is 9.76. The van der Waals surface area contributed by atoms with Gasteiger partial charge in [0.05, 0.1) is 18.0 Å². The smallest absolute Gasteiger partial charge is 0.320 e. The van der Waals surface area contributed by atoms with Gasteiger partial charge in [-0.3, -0.25) is 10.00 Å². The van der Waals surface area contributed by atoms with E-state index in [-0.39, 0.29) is 24.1 Å². The van der Waals surface area contributed by atoms with Crippen LogP contribution in [0.4, 0.5) is 10.6 Å². The number of rotatable bonds is 6. The van der Waals surface area contributed by atoms with Crippen molar-refractivity contribution in [3.8, 4) is 16.9 Å². The first-order valence-corrected chi connectivity index (χ1v) is 11.8. The molecule has 0 saturated heterocycles. The van der Waals surface area contributed by atoms with E-state index in [2.05, 4.69) is 27.9 Å². The number of hydrogen-bond donors (Lipinski definition) is 2. The van der Waals surface area contributed by atoms with E-state index in [9.17, 15) is 4.79 Å². The summed E-state index contributed by atoms with van der Waals surface area (Å²) in [6.07, 6.45) is 5.45. The van der Waals surface area contributed by atoms with Crippen LogP contribution in [0.3, 0.4) is 0 Å². The van der Waals surface area contributed by atoms with Crippen molar-refractivity contribution in [3.63, 3.8) is 0 Å². The molecule has 0 bridgehead atoms. The largest absolute Gasteiger partial charge is 0.381 e. The molecule has 1 aliphatic carbocycles. The number of amides is 2. The van der Waals surface area contributed by atoms with Crippen molar-refractivity contribution in [2.75, 3.05) is 12.4 Å². The molecule has 3 atom stereocenters. The summed E-state index contributed by atoms with van der Waals surface area (Å²) in [6.45, 7) is 1.97. The average Bonchev–Trinajstić information content (AvgIpc) is 3.58. The molecule has 35 heavy (non-hydrogen) atoms. The molecule has 8 heteroatoms. The normalized spacial score (nSPS) is 19.6. The zero-order valence-corrected chi connectivity index (χ0v) is 20.2. The first kappa shape index (κ1) is 22.9. The van der Waals surface area contributed by atoms with Gasteiger partial charge in [-0.1, -0.05) is 48.5 Å². The predicted octanol–water partition coefficient (Wildman–Crippen LogP) is 4.66. The van der Waals surface area contributed by atoms with Crippen LogP contribution in [0, 0.1) is 6.92 Å². The highest BCUT2D eigenvalue weighted by molar-refractivity contribution is 5.91. The SMILES string of the molecule is CO[C@@H]1C[C@@H](NC(=O)Nc2c(C)c(-c3cnn(C)c3)nn2-c2ccccc2)[C@H](c2ccccc2)C1. The molecule has 180 valence electrons. The molecule has 2 heterocycles. The molecule has 2 amide bonds. The topological polar surface area (TPSA) is 86.0 Å². The van der Waals surface area contributed by atoms with E-state index in [4.69, 9.17) is 9.84 Å². The number of carbonyl (C=O) groups is 1. The van der Waals surface area contributed by atoms with Gasteiger partial charge in [0.2, 0.25) is 0 Å². The van der Waals surface area contributed by atoms with Crippen LogP contribution in [0.1, 0.15) is 29.9 Å². The Labute approximate surface area is 204 Å². The standard InChI is InChI=1S/C27H30N6O2/c1-18-25(20-16-28-32(2)17-20)31-33(21-12-8-5-9-13-21)26(18)30-27(34)29-24-15-22(35-3)14-23(24)19-10-6-4-7-11-19/h4-13,16-17,22-24H,14-15H2,1-3H3,(H2,29,30,34)/t22-,23-,24+/m0/s1. The summed E-state index contributed by atoms with van der Waals surface area (Å²) in [5.41, 5.74) is 4.62. The summed E-state index contributed by atoms with van der Waals surface area (Å²) in [5, 5.41) is 15.4. The average molecular weight is 471 g/mol. The molecule has 2 N–H and O–H groups in total. The molecular weight excluding hydrogens is 440 g/mol. The predicted molar refractivity (Wildman–Crippen MR) is 136 cm³/mol. The highest BCUT2D eigenvalue weighted by Crippen LogP contribution is 2.36. The van der Waals surface area contributed by atoms with Crippen molar-refractivity contribution in [1.82, 2.24) is 24.9 Å². The Morgan fingerprint density at radius 2 is 1.77 bits per heavy atom. The third-order valence-electron chi connectivity index (χ3n) is 6.73. The minimum Gasteiger partial charge on any atom is -0.381 e. The fourth-order valence-electron chi connectivity index (χ4n) is 4.94. The first-order chi connectivity index (χ1) is 17.0. The lowest BCUT2D eigenvalue weighted by Crippen LogP contribution is -2.40. The van der Waals surface area contributed by atoms with Crippen molar-refractivity contribution >= 4 is 11.8 Å². The molecule has 0 radical (unpaired) electrons. The van der Waals surface area contributed by atoms with Crippen LogP contribution in [-0.2, 0) is 11.8 Å². The minimum absolute atomic E-state index is 0.0338. The van der Waals surface area contributed by atoms with Crippen LogP contribution >= 0.6 is 0 Å². The number of hydrogen-bond acceptors (Lipinski definition) is 4. The number of para-hydroxylation sites is 1. The summed E-state index contributed by atoms with van der Waals surface area (Å²) >= 11 is 0. The van der Waals surface area contributed by atoms with Gasteiger partial charge in [-0.15, -0.1) is 0 Å². The lowest BCUT2D eigenvalue weighted by Gasteiger charge is -2.21. The molecule has 0 aliphatic heterocycles. The van der Waals surface area contributed by atoms with E-state index in [1.165, 1.54) is 5.56 Å². The minimum atomic E-state index is -0.259. The number of methoxy groups -OCH3 is 1. The first-order valence-electron chi connectivity index (χ1n) is 11.8. The zero-order valence-electron chi connectivity index (χ0n) is 20.2. The number of carbonyl (C=O) groups excluding carboxylic acids is 1. The number of aromatic nitrogens is 4. The highest BCUT2D eigenvalue weighted by Gasteiger charge is 2.36. The Morgan fingerprint density at radius 1 is 1.06 bits per heavy atom. The van der Waals surface area contributed by atoms with Gasteiger partial charge in [0, 0.05) is 43.4 Å². The van der Waals surface area contributed by atoms with E-state index in [1.807, 2.05) is 68.7 Å². The number of nitrogens with one attached hydrogen (secondary N) is 2. The number of anilines is 1. The van der Waals surface area contributed by atoms with Gasteiger partial charge in [0.25, 0.3) is 0 Å². The molecule has 0 spiro atoms. The number of benzene rings is 2. The number of urea groups is 1. The third-order valence-corrected chi connectivity index (χ3v) is 6.73. The Bertz CT molecular complexity index is 1300. The highest BCUT2D eigenvalue weighted by atomic mass is 16.5. The van der Waals surface area contributed by atoms with E-state index < -0.39 is 0 Å². The van der Waals surface area contributed by atoms with Crippen molar-refractivity contribution < 1.29 is 9.53 Å². The molecule has 2 aromatic heterocycles. The maximum absolute atomic E-state index is 13.3. The summed E-state index contributed by atoms with van der Waals surface area (Å²) in [4.78, 5) is 13.3. The van der Waals surface area contributed by atoms with Crippen molar-refractivity contribution in [2.24, 2.45) is 7.05 Å².